The molecule has 0 bridgehead atoms. The van der Waals surface area contributed by atoms with Crippen LogP contribution in [0.15, 0.2) is 30.3 Å². The van der Waals surface area contributed by atoms with E-state index >= 15 is 0 Å². The van der Waals surface area contributed by atoms with Gasteiger partial charge in [-0.15, -0.1) is 0 Å². The molecule has 0 saturated carbocycles. The van der Waals surface area contributed by atoms with Crippen LogP contribution in [0.1, 0.15) is 0 Å². The second-order valence-corrected chi connectivity index (χ2v) is 14.1. The molecule has 1 heterocycles. The average Bonchev–Trinajstić information content (AvgIpc) is 2.45. The molecule has 2 unspecified atom stereocenters. The van der Waals surface area contributed by atoms with Gasteiger partial charge in [-0.25, -0.2) is 0 Å². The van der Waals surface area contributed by atoms with E-state index in [-0.39, 0.29) is 12.0 Å². The van der Waals surface area contributed by atoms with Gasteiger partial charge in [-0.2, -0.15) is 0 Å². The van der Waals surface area contributed by atoms with Crippen molar-refractivity contribution in [2.45, 2.75) is 38.1 Å². The highest BCUT2D eigenvalue weighted by atomic mass is 28.4. The fourth-order valence-corrected chi connectivity index (χ4v) is 7.40. The molecule has 1 aliphatic rings. The number of hydrogen-bond donors (Lipinski definition) is 0. The molecule has 1 saturated heterocycles. The maximum absolute atomic E-state index is 6.33. The van der Waals surface area contributed by atoms with Crippen LogP contribution in [0.25, 0.3) is 0 Å². The number of benzene rings is 1. The van der Waals surface area contributed by atoms with Gasteiger partial charge in [0.2, 0.25) is 8.32 Å². The second kappa shape index (κ2) is 7.74. The lowest BCUT2D eigenvalue weighted by atomic mass is 10.3. The molecule has 1 fully saturated rings. The van der Waals surface area contributed by atoms with Gasteiger partial charge in [0.05, 0.1) is 20.8 Å². The minimum Gasteiger partial charge on any atom is -0.491 e. The third-order valence-corrected chi connectivity index (χ3v) is 7.83. The molecule has 2 atom stereocenters. The summed E-state index contributed by atoms with van der Waals surface area (Å²) in [5.41, 5.74) is 0. The van der Waals surface area contributed by atoms with Gasteiger partial charge in [-0.3, -0.25) is 4.90 Å². The summed E-state index contributed by atoms with van der Waals surface area (Å²) in [7, 11) is -0.755. The largest absolute Gasteiger partial charge is 0.491 e. The van der Waals surface area contributed by atoms with E-state index < -0.39 is 17.1 Å². The number of nitrogens with zero attached hydrogens (tertiary/aromatic N) is 1. The first-order valence-corrected chi connectivity index (χ1v) is 14.1. The molecular formula is C16H29NO3Si2. The summed E-state index contributed by atoms with van der Waals surface area (Å²) in [5, 5.41) is 0. The molecule has 2 rings (SSSR count). The Morgan fingerprint density at radius 3 is 2.59 bits per heavy atom. The van der Waals surface area contributed by atoms with Crippen molar-refractivity contribution in [1.82, 2.24) is 4.90 Å². The van der Waals surface area contributed by atoms with Crippen LogP contribution in [0, 0.1) is 0 Å². The van der Waals surface area contributed by atoms with Crippen LogP contribution in [0.2, 0.25) is 26.2 Å². The first kappa shape index (κ1) is 17.7. The van der Waals surface area contributed by atoms with Gasteiger partial charge in [0, 0.05) is 19.8 Å². The maximum Gasteiger partial charge on any atom is 0.201 e. The van der Waals surface area contributed by atoms with E-state index in [2.05, 4.69) is 31.1 Å². The fraction of sp³-hybridized carbons (Fsp3) is 0.625. The molecule has 1 aromatic carbocycles. The molecule has 0 spiro atoms. The Labute approximate surface area is 137 Å². The predicted molar refractivity (Wildman–Crippen MR) is 95.5 cm³/mol. The summed E-state index contributed by atoms with van der Waals surface area (Å²) in [6.45, 7) is 10.7. The Hall–Kier alpha value is -0.666. The zero-order valence-electron chi connectivity index (χ0n) is 14.4. The van der Waals surface area contributed by atoms with E-state index in [1.54, 1.807) is 0 Å². The van der Waals surface area contributed by atoms with Crippen molar-refractivity contribution in [3.8, 4) is 5.75 Å². The van der Waals surface area contributed by atoms with Crippen molar-refractivity contribution in [2.75, 3.05) is 26.4 Å². The topological polar surface area (TPSA) is 30.9 Å². The molecule has 124 valence electrons. The maximum atomic E-state index is 6.33. The van der Waals surface area contributed by atoms with Crippen LogP contribution in [0.5, 0.6) is 5.75 Å². The van der Waals surface area contributed by atoms with E-state index in [1.165, 1.54) is 0 Å². The third-order valence-electron chi connectivity index (χ3n) is 3.86. The van der Waals surface area contributed by atoms with Crippen molar-refractivity contribution < 1.29 is 13.9 Å². The lowest BCUT2D eigenvalue weighted by Gasteiger charge is -2.45. The molecule has 4 nitrogen and oxygen atoms in total. The van der Waals surface area contributed by atoms with Gasteiger partial charge in [0.25, 0.3) is 0 Å². The van der Waals surface area contributed by atoms with E-state index in [0.717, 1.165) is 18.5 Å². The van der Waals surface area contributed by atoms with Crippen LogP contribution >= 0.6 is 0 Å². The second-order valence-electron chi connectivity index (χ2n) is 6.92. The molecule has 0 N–H and O–H groups in total. The third kappa shape index (κ3) is 4.92. The van der Waals surface area contributed by atoms with Crippen molar-refractivity contribution in [3.05, 3.63) is 30.3 Å². The molecule has 0 radical (unpaired) electrons. The summed E-state index contributed by atoms with van der Waals surface area (Å²) >= 11 is 0. The van der Waals surface area contributed by atoms with Crippen LogP contribution in [-0.4, -0.2) is 60.4 Å². The normalized spacial score (nSPS) is 23.5. The highest BCUT2D eigenvalue weighted by Gasteiger charge is 2.39. The highest BCUT2D eigenvalue weighted by molar-refractivity contribution is 6.71. The van der Waals surface area contributed by atoms with Gasteiger partial charge in [-0.05, 0) is 25.2 Å². The number of methoxy groups -OCH3 is 1. The quantitative estimate of drug-likeness (QED) is 0.745. The molecular weight excluding hydrogens is 310 g/mol. The molecule has 1 aromatic rings. The monoisotopic (exact) mass is 339 g/mol. The van der Waals surface area contributed by atoms with Crippen LogP contribution < -0.4 is 4.74 Å². The molecule has 0 amide bonds. The Balaban J connectivity index is 1.99. The van der Waals surface area contributed by atoms with Gasteiger partial charge >= 0.3 is 0 Å². The van der Waals surface area contributed by atoms with Crippen molar-refractivity contribution in [3.63, 3.8) is 0 Å². The standard InChI is InChI=1S/C16H29NO3Si2/c1-18-16(21(2)3)17-11-15(20-22(4,5)13-17)12-19-14-9-7-6-8-10-14/h6-10,15-16,21H,11-13H2,1-5H3. The Morgan fingerprint density at radius 2 is 2.00 bits per heavy atom. The molecule has 22 heavy (non-hydrogen) atoms. The number of rotatable bonds is 6. The first-order chi connectivity index (χ1) is 10.4. The van der Waals surface area contributed by atoms with E-state index in [0.29, 0.717) is 6.61 Å². The molecule has 0 aromatic heterocycles. The molecule has 0 aliphatic carbocycles. The van der Waals surface area contributed by atoms with Crippen LogP contribution in [0.4, 0.5) is 0 Å². The zero-order chi connectivity index (χ0) is 16.2. The van der Waals surface area contributed by atoms with E-state index in [1.807, 2.05) is 37.4 Å². The Kier molecular flexibility index (Phi) is 6.22. The van der Waals surface area contributed by atoms with Gasteiger partial charge in [0.15, 0.2) is 0 Å². The first-order valence-electron chi connectivity index (χ1n) is 8.04. The Morgan fingerprint density at radius 1 is 1.32 bits per heavy atom. The Bertz CT molecular complexity index is 456. The predicted octanol–water partition coefficient (Wildman–Crippen LogP) is 2.51. The summed E-state index contributed by atoms with van der Waals surface area (Å²) in [6.07, 6.45) is 1.17. The summed E-state index contributed by atoms with van der Waals surface area (Å²) in [6, 6.07) is 9.96. The smallest absolute Gasteiger partial charge is 0.201 e. The van der Waals surface area contributed by atoms with Crippen LogP contribution in [-0.2, 0) is 9.16 Å². The summed E-state index contributed by atoms with van der Waals surface area (Å²) in [5.74, 6) is 1.19. The zero-order valence-corrected chi connectivity index (χ0v) is 16.6. The van der Waals surface area contributed by atoms with Crippen molar-refractivity contribution in [1.29, 1.82) is 0 Å². The number of hydrogen-bond acceptors (Lipinski definition) is 4. The lowest BCUT2D eigenvalue weighted by molar-refractivity contribution is -0.0231. The lowest BCUT2D eigenvalue weighted by Crippen LogP contribution is -2.62. The van der Waals surface area contributed by atoms with E-state index in [4.69, 9.17) is 13.9 Å². The van der Waals surface area contributed by atoms with Crippen molar-refractivity contribution in [2.24, 2.45) is 0 Å². The SMILES string of the molecule is COC(N1CC(COc2ccccc2)O[Si](C)(C)C1)[SiH](C)C. The minimum absolute atomic E-state index is 0.126. The minimum atomic E-state index is -1.69. The number of para-hydroxylation sites is 1. The van der Waals surface area contributed by atoms with Crippen molar-refractivity contribution >= 4 is 17.1 Å². The van der Waals surface area contributed by atoms with Gasteiger partial charge < -0.3 is 13.9 Å². The van der Waals surface area contributed by atoms with Gasteiger partial charge in [0.1, 0.15) is 12.4 Å². The highest BCUT2D eigenvalue weighted by Crippen LogP contribution is 2.22. The van der Waals surface area contributed by atoms with Gasteiger partial charge in [-0.1, -0.05) is 31.3 Å². The summed E-state index contributed by atoms with van der Waals surface area (Å²) in [4.78, 5) is 2.49. The van der Waals surface area contributed by atoms with Crippen LogP contribution in [0.3, 0.4) is 0 Å². The fourth-order valence-electron chi connectivity index (χ4n) is 3.17. The molecule has 6 heteroatoms. The summed E-state index contributed by atoms with van der Waals surface area (Å²) < 4.78 is 18.0. The average molecular weight is 340 g/mol. The molecule has 1 aliphatic heterocycles. The number of ether oxygens (including phenoxy) is 2. The van der Waals surface area contributed by atoms with E-state index in [9.17, 15) is 0 Å².